The van der Waals surface area contributed by atoms with Crippen LogP contribution in [0.3, 0.4) is 0 Å². The van der Waals surface area contributed by atoms with Crippen molar-refractivity contribution in [1.82, 2.24) is 4.90 Å². The second-order valence-electron chi connectivity index (χ2n) is 3.24. The van der Waals surface area contributed by atoms with E-state index >= 15 is 0 Å². The van der Waals surface area contributed by atoms with Crippen molar-refractivity contribution in [2.75, 3.05) is 20.6 Å². The van der Waals surface area contributed by atoms with Crippen LogP contribution in [0, 0.1) is 5.92 Å². The first kappa shape index (κ1) is 11.5. The van der Waals surface area contributed by atoms with Crippen molar-refractivity contribution < 1.29 is 0 Å². The zero-order valence-corrected chi connectivity index (χ0v) is 9.09. The van der Waals surface area contributed by atoms with Crippen molar-refractivity contribution in [3.8, 4) is 0 Å². The van der Waals surface area contributed by atoms with Gasteiger partial charge < -0.3 is 4.90 Å². The fraction of sp³-hybridized carbons (Fsp3) is 0.900. The zero-order valence-electron chi connectivity index (χ0n) is 9.09. The lowest BCUT2D eigenvalue weighted by atomic mass is 10.0. The highest BCUT2D eigenvalue weighted by atomic mass is 15.1. The van der Waals surface area contributed by atoms with Crippen LogP contribution in [0.4, 0.5) is 0 Å². The number of hydrogen-bond donors (Lipinski definition) is 0. The minimum atomic E-state index is 0.639. The Hall–Kier alpha value is -0.530. The maximum atomic E-state index is 4.51. The standard InChI is InChI=1S/C10H22N2/c1-6-9(7-2)10(11-8-3)12(4)5/h9H,6-8H2,1-5H3/b11-10+. The maximum absolute atomic E-state index is 4.51. The third-order valence-corrected chi connectivity index (χ3v) is 2.13. The van der Waals surface area contributed by atoms with E-state index < -0.39 is 0 Å². The van der Waals surface area contributed by atoms with Gasteiger partial charge in [-0.15, -0.1) is 0 Å². The summed E-state index contributed by atoms with van der Waals surface area (Å²) in [4.78, 5) is 6.65. The van der Waals surface area contributed by atoms with E-state index in [1.807, 2.05) is 0 Å². The molecule has 72 valence electrons. The van der Waals surface area contributed by atoms with Gasteiger partial charge in [0.05, 0.1) is 0 Å². The van der Waals surface area contributed by atoms with E-state index in [1.165, 1.54) is 18.7 Å². The normalized spacial score (nSPS) is 12.3. The summed E-state index contributed by atoms with van der Waals surface area (Å²) in [5, 5.41) is 0. The van der Waals surface area contributed by atoms with Gasteiger partial charge in [-0.05, 0) is 19.8 Å². The molecule has 0 bridgehead atoms. The lowest BCUT2D eigenvalue weighted by Crippen LogP contribution is -2.29. The van der Waals surface area contributed by atoms with Crippen molar-refractivity contribution in [2.24, 2.45) is 10.9 Å². The number of aliphatic imine (C=N–C) groups is 1. The molecule has 0 saturated carbocycles. The summed E-state index contributed by atoms with van der Waals surface area (Å²) >= 11 is 0. The Kier molecular flexibility index (Phi) is 5.77. The Morgan fingerprint density at radius 2 is 1.67 bits per heavy atom. The number of amidine groups is 1. The molecule has 0 unspecified atom stereocenters. The van der Waals surface area contributed by atoms with Gasteiger partial charge in [0.25, 0.3) is 0 Å². The Morgan fingerprint density at radius 3 is 1.92 bits per heavy atom. The molecule has 0 aromatic rings. The first-order valence-electron chi connectivity index (χ1n) is 4.88. The highest BCUT2D eigenvalue weighted by molar-refractivity contribution is 5.84. The maximum Gasteiger partial charge on any atom is 0.101 e. The SMILES string of the molecule is CC/N=C(\C(CC)CC)N(C)C. The number of rotatable bonds is 4. The van der Waals surface area contributed by atoms with Crippen LogP contribution in [0.2, 0.25) is 0 Å². The predicted octanol–water partition coefficient (Wildman–Crippen LogP) is 2.40. The fourth-order valence-electron chi connectivity index (χ4n) is 1.45. The zero-order chi connectivity index (χ0) is 9.56. The molecule has 0 fully saturated rings. The van der Waals surface area contributed by atoms with E-state index in [9.17, 15) is 0 Å². The highest BCUT2D eigenvalue weighted by Crippen LogP contribution is 2.11. The molecule has 0 aromatic carbocycles. The molecule has 0 spiro atoms. The largest absolute Gasteiger partial charge is 0.366 e. The van der Waals surface area contributed by atoms with Gasteiger partial charge in [-0.2, -0.15) is 0 Å². The first-order chi connectivity index (χ1) is 5.67. The molecule has 0 aromatic heterocycles. The summed E-state index contributed by atoms with van der Waals surface area (Å²) in [6, 6.07) is 0. The van der Waals surface area contributed by atoms with E-state index in [0.717, 1.165) is 6.54 Å². The number of nitrogens with zero attached hydrogens (tertiary/aromatic N) is 2. The molecule has 0 aliphatic heterocycles. The molecular weight excluding hydrogens is 148 g/mol. The first-order valence-corrected chi connectivity index (χ1v) is 4.88. The summed E-state index contributed by atoms with van der Waals surface area (Å²) in [6.07, 6.45) is 2.38. The van der Waals surface area contributed by atoms with E-state index in [-0.39, 0.29) is 0 Å². The lowest BCUT2D eigenvalue weighted by Gasteiger charge is -2.22. The molecule has 0 amide bonds. The van der Waals surface area contributed by atoms with Gasteiger partial charge in [0, 0.05) is 26.6 Å². The molecule has 0 aliphatic carbocycles. The fourth-order valence-corrected chi connectivity index (χ4v) is 1.45. The van der Waals surface area contributed by atoms with Gasteiger partial charge in [0.1, 0.15) is 5.84 Å². The Balaban J connectivity index is 4.37. The van der Waals surface area contributed by atoms with E-state index in [0.29, 0.717) is 5.92 Å². The average molecular weight is 170 g/mol. The van der Waals surface area contributed by atoms with Crippen molar-refractivity contribution in [3.05, 3.63) is 0 Å². The van der Waals surface area contributed by atoms with Crippen molar-refractivity contribution >= 4 is 5.84 Å². The molecule has 0 radical (unpaired) electrons. The van der Waals surface area contributed by atoms with Crippen LogP contribution in [0.1, 0.15) is 33.6 Å². The quantitative estimate of drug-likeness (QED) is 0.467. The summed E-state index contributed by atoms with van der Waals surface area (Å²) in [5.74, 6) is 1.89. The molecule has 0 rings (SSSR count). The van der Waals surface area contributed by atoms with E-state index in [2.05, 4.69) is 44.8 Å². The van der Waals surface area contributed by atoms with Crippen molar-refractivity contribution in [2.45, 2.75) is 33.6 Å². The number of hydrogen-bond acceptors (Lipinski definition) is 1. The predicted molar refractivity (Wildman–Crippen MR) is 55.7 cm³/mol. The Bertz CT molecular complexity index is 135. The monoisotopic (exact) mass is 170 g/mol. The van der Waals surface area contributed by atoms with Crippen LogP contribution in [0.25, 0.3) is 0 Å². The summed E-state index contributed by atoms with van der Waals surface area (Å²) < 4.78 is 0. The highest BCUT2D eigenvalue weighted by Gasteiger charge is 2.12. The van der Waals surface area contributed by atoms with Gasteiger partial charge in [-0.3, -0.25) is 4.99 Å². The van der Waals surface area contributed by atoms with Crippen molar-refractivity contribution in [1.29, 1.82) is 0 Å². The summed E-state index contributed by atoms with van der Waals surface area (Å²) in [7, 11) is 4.15. The topological polar surface area (TPSA) is 15.6 Å². The van der Waals surface area contributed by atoms with Gasteiger partial charge >= 0.3 is 0 Å². The Morgan fingerprint density at radius 1 is 1.17 bits per heavy atom. The van der Waals surface area contributed by atoms with Crippen LogP contribution in [0.15, 0.2) is 4.99 Å². The molecule has 0 N–H and O–H groups in total. The van der Waals surface area contributed by atoms with Crippen LogP contribution < -0.4 is 0 Å². The molecule has 12 heavy (non-hydrogen) atoms. The third-order valence-electron chi connectivity index (χ3n) is 2.13. The van der Waals surface area contributed by atoms with Gasteiger partial charge in [0.15, 0.2) is 0 Å². The van der Waals surface area contributed by atoms with E-state index in [4.69, 9.17) is 0 Å². The summed E-state index contributed by atoms with van der Waals surface area (Å²) in [5.41, 5.74) is 0. The summed E-state index contributed by atoms with van der Waals surface area (Å²) in [6.45, 7) is 7.43. The molecule has 0 saturated heterocycles. The molecule has 0 atom stereocenters. The van der Waals surface area contributed by atoms with Crippen LogP contribution in [-0.4, -0.2) is 31.4 Å². The minimum absolute atomic E-state index is 0.639. The van der Waals surface area contributed by atoms with Gasteiger partial charge in [-0.25, -0.2) is 0 Å². The van der Waals surface area contributed by atoms with Crippen LogP contribution in [0.5, 0.6) is 0 Å². The van der Waals surface area contributed by atoms with Gasteiger partial charge in [0.2, 0.25) is 0 Å². The molecule has 0 heterocycles. The second-order valence-corrected chi connectivity index (χ2v) is 3.24. The average Bonchev–Trinajstić information content (AvgIpc) is 2.05. The molecule has 0 aliphatic rings. The third kappa shape index (κ3) is 3.24. The van der Waals surface area contributed by atoms with Crippen LogP contribution >= 0.6 is 0 Å². The Labute approximate surface area is 76.7 Å². The smallest absolute Gasteiger partial charge is 0.101 e. The molecule has 2 heteroatoms. The minimum Gasteiger partial charge on any atom is -0.366 e. The molecular formula is C10H22N2. The van der Waals surface area contributed by atoms with Crippen molar-refractivity contribution in [3.63, 3.8) is 0 Å². The second kappa shape index (κ2) is 6.04. The lowest BCUT2D eigenvalue weighted by molar-refractivity contribution is 0.519. The van der Waals surface area contributed by atoms with E-state index in [1.54, 1.807) is 0 Å². The van der Waals surface area contributed by atoms with Gasteiger partial charge in [-0.1, -0.05) is 13.8 Å². The van der Waals surface area contributed by atoms with Crippen LogP contribution in [-0.2, 0) is 0 Å². The molecule has 2 nitrogen and oxygen atoms in total.